The predicted molar refractivity (Wildman–Crippen MR) is 66.3 cm³/mol. The topological polar surface area (TPSA) is 97.7 Å². The molecule has 0 atom stereocenters. The standard InChI is InChI=1S/C12H7N3O4/c16-12(17)9-6-14-10-3-2-8(15(18)19)5-7(10)1-4-11(14)13-9/h1-6H,(H,16,17). The van der Waals surface area contributed by atoms with E-state index in [-0.39, 0.29) is 11.4 Å². The number of non-ortho nitro benzene ring substituents is 1. The van der Waals surface area contributed by atoms with Gasteiger partial charge in [0.2, 0.25) is 0 Å². The second kappa shape index (κ2) is 3.77. The largest absolute Gasteiger partial charge is 0.476 e. The smallest absolute Gasteiger partial charge is 0.356 e. The van der Waals surface area contributed by atoms with E-state index in [1.165, 1.54) is 18.3 Å². The molecule has 0 saturated heterocycles. The number of aromatic carboxylic acids is 1. The lowest BCUT2D eigenvalue weighted by Crippen LogP contribution is -1.94. The molecule has 19 heavy (non-hydrogen) atoms. The molecule has 0 saturated carbocycles. The number of imidazole rings is 1. The van der Waals surface area contributed by atoms with Crippen LogP contribution in [0.1, 0.15) is 10.5 Å². The number of benzene rings is 1. The summed E-state index contributed by atoms with van der Waals surface area (Å²) >= 11 is 0. The van der Waals surface area contributed by atoms with Crippen molar-refractivity contribution in [3.63, 3.8) is 0 Å². The van der Waals surface area contributed by atoms with Gasteiger partial charge in [0.25, 0.3) is 5.69 Å². The van der Waals surface area contributed by atoms with Gasteiger partial charge in [-0.25, -0.2) is 9.78 Å². The number of fused-ring (bicyclic) bond motifs is 3. The average molecular weight is 257 g/mol. The Balaban J connectivity index is 2.33. The first-order valence-electron chi connectivity index (χ1n) is 5.36. The molecule has 0 aliphatic heterocycles. The Morgan fingerprint density at radius 3 is 2.79 bits per heavy atom. The normalized spacial score (nSPS) is 10.9. The lowest BCUT2D eigenvalue weighted by atomic mass is 10.2. The molecule has 0 unspecified atom stereocenters. The van der Waals surface area contributed by atoms with Gasteiger partial charge in [-0.3, -0.25) is 14.5 Å². The van der Waals surface area contributed by atoms with Crippen molar-refractivity contribution < 1.29 is 14.8 Å². The number of carbonyl (C=O) groups is 1. The van der Waals surface area contributed by atoms with Crippen LogP contribution < -0.4 is 0 Å². The average Bonchev–Trinajstić information content (AvgIpc) is 2.82. The van der Waals surface area contributed by atoms with Gasteiger partial charge in [0.1, 0.15) is 5.65 Å². The van der Waals surface area contributed by atoms with Crippen LogP contribution in [0.25, 0.3) is 16.6 Å². The fourth-order valence-corrected chi connectivity index (χ4v) is 1.98. The fourth-order valence-electron chi connectivity index (χ4n) is 1.98. The molecule has 0 amide bonds. The summed E-state index contributed by atoms with van der Waals surface area (Å²) in [7, 11) is 0. The van der Waals surface area contributed by atoms with Crippen LogP contribution in [0.2, 0.25) is 0 Å². The predicted octanol–water partition coefficient (Wildman–Crippen LogP) is 2.09. The van der Waals surface area contributed by atoms with Gasteiger partial charge < -0.3 is 5.11 Å². The SMILES string of the molecule is O=C(O)c1cn2c(ccc3cc([N+](=O)[O-])ccc32)n1. The quantitative estimate of drug-likeness (QED) is 0.560. The van der Waals surface area contributed by atoms with Gasteiger partial charge in [-0.2, -0.15) is 0 Å². The van der Waals surface area contributed by atoms with Crippen LogP contribution in [0.5, 0.6) is 0 Å². The van der Waals surface area contributed by atoms with Crippen LogP contribution in [-0.2, 0) is 0 Å². The number of carboxylic acids is 1. The molecule has 3 rings (SSSR count). The maximum absolute atomic E-state index is 10.9. The maximum atomic E-state index is 10.9. The monoisotopic (exact) mass is 257 g/mol. The molecular formula is C12H7N3O4. The van der Waals surface area contributed by atoms with Crippen molar-refractivity contribution in [2.45, 2.75) is 0 Å². The molecule has 0 spiro atoms. The molecule has 0 aliphatic carbocycles. The zero-order chi connectivity index (χ0) is 13.6. The lowest BCUT2D eigenvalue weighted by Gasteiger charge is -2.01. The molecule has 7 heteroatoms. The van der Waals surface area contributed by atoms with E-state index in [2.05, 4.69) is 4.98 Å². The van der Waals surface area contributed by atoms with Crippen LogP contribution in [0.15, 0.2) is 36.5 Å². The van der Waals surface area contributed by atoms with Crippen LogP contribution in [0, 0.1) is 10.1 Å². The number of hydrogen-bond donors (Lipinski definition) is 1. The first-order valence-corrected chi connectivity index (χ1v) is 5.36. The summed E-state index contributed by atoms with van der Waals surface area (Å²) in [6.07, 6.45) is 1.39. The number of aromatic nitrogens is 2. The fraction of sp³-hybridized carbons (Fsp3) is 0. The summed E-state index contributed by atoms with van der Waals surface area (Å²) in [5.74, 6) is -1.11. The second-order valence-corrected chi connectivity index (χ2v) is 3.99. The number of pyridine rings is 1. The highest BCUT2D eigenvalue weighted by molar-refractivity contribution is 5.89. The summed E-state index contributed by atoms with van der Waals surface area (Å²) in [5, 5.41) is 20.3. The second-order valence-electron chi connectivity index (χ2n) is 3.99. The van der Waals surface area contributed by atoms with Crippen LogP contribution in [0.3, 0.4) is 0 Å². The molecule has 0 radical (unpaired) electrons. The molecule has 3 aromatic rings. The summed E-state index contributed by atoms with van der Waals surface area (Å²) in [6, 6.07) is 7.69. The van der Waals surface area contributed by atoms with Crippen molar-refractivity contribution in [3.8, 4) is 0 Å². The molecule has 2 heterocycles. The Morgan fingerprint density at radius 1 is 1.32 bits per heavy atom. The zero-order valence-electron chi connectivity index (χ0n) is 9.48. The highest BCUT2D eigenvalue weighted by atomic mass is 16.6. The van der Waals surface area contributed by atoms with Gasteiger partial charge in [0.05, 0.1) is 10.4 Å². The Kier molecular flexibility index (Phi) is 2.21. The van der Waals surface area contributed by atoms with E-state index < -0.39 is 10.9 Å². The molecule has 0 bridgehead atoms. The van der Waals surface area contributed by atoms with Crippen LogP contribution in [-0.4, -0.2) is 25.4 Å². The number of hydrogen-bond acceptors (Lipinski definition) is 4. The number of nitrogens with zero attached hydrogens (tertiary/aromatic N) is 3. The van der Waals surface area contributed by atoms with Gasteiger partial charge in [0, 0.05) is 23.7 Å². The summed E-state index contributed by atoms with van der Waals surface area (Å²) < 4.78 is 1.60. The van der Waals surface area contributed by atoms with Crippen molar-refractivity contribution in [3.05, 3.63) is 52.3 Å². The molecule has 0 fully saturated rings. The third-order valence-corrected chi connectivity index (χ3v) is 2.85. The molecule has 1 N–H and O–H groups in total. The number of nitro benzene ring substituents is 1. The van der Waals surface area contributed by atoms with Gasteiger partial charge in [-0.1, -0.05) is 0 Å². The van der Waals surface area contributed by atoms with Crippen LogP contribution >= 0.6 is 0 Å². The van der Waals surface area contributed by atoms with E-state index >= 15 is 0 Å². The van der Waals surface area contributed by atoms with Gasteiger partial charge >= 0.3 is 5.97 Å². The molecule has 94 valence electrons. The third-order valence-electron chi connectivity index (χ3n) is 2.85. The molecule has 0 aliphatic rings. The van der Waals surface area contributed by atoms with Crippen molar-refractivity contribution >= 4 is 28.2 Å². The zero-order valence-corrected chi connectivity index (χ0v) is 9.48. The summed E-state index contributed by atoms with van der Waals surface area (Å²) in [5.41, 5.74) is 1.08. The Hall–Kier alpha value is -2.96. The first kappa shape index (κ1) is 11.1. The molecule has 2 aromatic heterocycles. The Labute approximate surface area is 105 Å². The van der Waals surface area contributed by atoms with E-state index in [4.69, 9.17) is 5.11 Å². The van der Waals surface area contributed by atoms with Gasteiger partial charge in [-0.05, 0) is 18.2 Å². The van der Waals surface area contributed by atoms with E-state index in [1.54, 1.807) is 22.6 Å². The third kappa shape index (κ3) is 1.68. The van der Waals surface area contributed by atoms with Crippen LogP contribution in [0.4, 0.5) is 5.69 Å². The summed E-state index contributed by atoms with van der Waals surface area (Å²) in [4.78, 5) is 25.1. The maximum Gasteiger partial charge on any atom is 0.356 e. The highest BCUT2D eigenvalue weighted by Gasteiger charge is 2.12. The van der Waals surface area contributed by atoms with Gasteiger partial charge in [-0.15, -0.1) is 0 Å². The van der Waals surface area contributed by atoms with E-state index in [9.17, 15) is 14.9 Å². The number of nitro groups is 1. The van der Waals surface area contributed by atoms with E-state index in [0.29, 0.717) is 16.6 Å². The number of carboxylic acid groups (broad SMARTS) is 1. The van der Waals surface area contributed by atoms with Crippen molar-refractivity contribution in [2.24, 2.45) is 0 Å². The van der Waals surface area contributed by atoms with E-state index in [0.717, 1.165) is 0 Å². The molecule has 7 nitrogen and oxygen atoms in total. The van der Waals surface area contributed by atoms with E-state index in [1.807, 2.05) is 0 Å². The van der Waals surface area contributed by atoms with Crippen molar-refractivity contribution in [2.75, 3.05) is 0 Å². The Morgan fingerprint density at radius 2 is 2.11 bits per heavy atom. The van der Waals surface area contributed by atoms with Gasteiger partial charge in [0.15, 0.2) is 5.69 Å². The highest BCUT2D eigenvalue weighted by Crippen LogP contribution is 2.22. The minimum absolute atomic E-state index is 0.00887. The summed E-state index contributed by atoms with van der Waals surface area (Å²) in [6.45, 7) is 0. The minimum atomic E-state index is -1.11. The number of rotatable bonds is 2. The van der Waals surface area contributed by atoms with Crippen molar-refractivity contribution in [1.29, 1.82) is 0 Å². The minimum Gasteiger partial charge on any atom is -0.476 e. The first-order chi connectivity index (χ1) is 9.06. The molecule has 1 aromatic carbocycles. The lowest BCUT2D eigenvalue weighted by molar-refractivity contribution is -0.384. The Bertz CT molecular complexity index is 837. The molecular weight excluding hydrogens is 250 g/mol. The van der Waals surface area contributed by atoms with Crippen molar-refractivity contribution in [1.82, 2.24) is 9.38 Å².